The first-order valence-corrected chi connectivity index (χ1v) is 10.8. The molecule has 0 spiro atoms. The number of rotatable bonds is 7. The van der Waals surface area contributed by atoms with E-state index in [1.54, 1.807) is 20.3 Å². The van der Waals surface area contributed by atoms with Gasteiger partial charge in [0.05, 0.1) is 17.5 Å². The molecule has 0 atom stereocenters. The summed E-state index contributed by atoms with van der Waals surface area (Å²) in [6.07, 6.45) is 4.64. The maximum absolute atomic E-state index is 11.5. The van der Waals surface area contributed by atoms with Crippen molar-refractivity contribution in [3.8, 4) is 5.69 Å². The lowest BCUT2D eigenvalue weighted by Gasteiger charge is -2.40. The summed E-state index contributed by atoms with van der Waals surface area (Å²) in [6, 6.07) is 15.6. The van der Waals surface area contributed by atoms with Crippen molar-refractivity contribution in [1.29, 1.82) is 0 Å². The predicted octanol–water partition coefficient (Wildman–Crippen LogP) is 4.30. The van der Waals surface area contributed by atoms with Crippen LogP contribution in [0.4, 0.5) is 0 Å². The maximum Gasteiger partial charge on any atom is 0.183 e. The molecule has 1 fully saturated rings. The summed E-state index contributed by atoms with van der Waals surface area (Å²) in [6.45, 7) is 2.33. The van der Waals surface area contributed by atoms with E-state index in [0.717, 1.165) is 42.0 Å². The van der Waals surface area contributed by atoms with Gasteiger partial charge in [0.1, 0.15) is 0 Å². The summed E-state index contributed by atoms with van der Waals surface area (Å²) < 4.78 is 12.8. The van der Waals surface area contributed by atoms with Crippen molar-refractivity contribution in [2.45, 2.75) is 31.3 Å². The number of methoxy groups -OCH3 is 2. The van der Waals surface area contributed by atoms with Crippen LogP contribution in [-0.4, -0.2) is 47.1 Å². The molecule has 7 heteroatoms. The lowest BCUT2D eigenvalue weighted by atomic mass is 9.81. The largest absolute Gasteiger partial charge is 0.385 e. The Labute approximate surface area is 188 Å². The van der Waals surface area contributed by atoms with Crippen LogP contribution >= 0.6 is 11.6 Å². The van der Waals surface area contributed by atoms with Crippen molar-refractivity contribution in [2.75, 3.05) is 27.3 Å². The average Bonchev–Trinajstić information content (AvgIpc) is 3.26. The van der Waals surface area contributed by atoms with E-state index in [2.05, 4.69) is 16.2 Å². The molecule has 2 aromatic carbocycles. The molecule has 3 aromatic rings. The molecule has 1 aromatic heterocycles. The second-order valence-electron chi connectivity index (χ2n) is 7.97. The Kier molecular flexibility index (Phi) is 6.74. The number of hydrogen-bond donors (Lipinski definition) is 1. The number of benzene rings is 2. The Bertz CT molecular complexity index is 996. The third-order valence-electron chi connectivity index (χ3n) is 5.94. The molecule has 2 heterocycles. The Morgan fingerprint density at radius 2 is 1.81 bits per heavy atom. The number of aliphatic hydroxyl groups is 1. The molecule has 31 heavy (non-hydrogen) atoms. The third kappa shape index (κ3) is 4.84. The van der Waals surface area contributed by atoms with E-state index in [1.807, 2.05) is 53.3 Å². The van der Waals surface area contributed by atoms with Crippen molar-refractivity contribution in [1.82, 2.24) is 14.7 Å². The molecule has 0 saturated carbocycles. The van der Waals surface area contributed by atoms with Crippen LogP contribution in [0.2, 0.25) is 5.02 Å². The minimum atomic E-state index is -0.972. The zero-order valence-electron chi connectivity index (χ0n) is 17.9. The molecule has 0 amide bonds. The van der Waals surface area contributed by atoms with Gasteiger partial charge in [-0.3, -0.25) is 4.90 Å². The van der Waals surface area contributed by atoms with Crippen LogP contribution in [0.1, 0.15) is 35.8 Å². The van der Waals surface area contributed by atoms with Crippen molar-refractivity contribution >= 4 is 11.6 Å². The van der Waals surface area contributed by atoms with Crippen molar-refractivity contribution < 1.29 is 14.6 Å². The Hall–Kier alpha value is -2.22. The number of likely N-dealkylation sites (tertiary alicyclic amines) is 1. The zero-order chi connectivity index (χ0) is 21.8. The second-order valence-corrected chi connectivity index (χ2v) is 8.41. The van der Waals surface area contributed by atoms with E-state index in [-0.39, 0.29) is 0 Å². The van der Waals surface area contributed by atoms with E-state index in [1.165, 1.54) is 0 Å². The normalized spacial score (nSPS) is 16.7. The van der Waals surface area contributed by atoms with E-state index in [9.17, 15) is 5.11 Å². The molecular weight excluding hydrogens is 414 g/mol. The fourth-order valence-electron chi connectivity index (χ4n) is 4.26. The van der Waals surface area contributed by atoms with Crippen LogP contribution in [0.5, 0.6) is 0 Å². The number of para-hydroxylation sites is 1. The number of piperidine rings is 1. The highest BCUT2D eigenvalue weighted by atomic mass is 35.5. The van der Waals surface area contributed by atoms with Gasteiger partial charge in [-0.15, -0.1) is 0 Å². The summed E-state index contributed by atoms with van der Waals surface area (Å²) in [5.74, 6) is 0. The summed E-state index contributed by atoms with van der Waals surface area (Å²) in [4.78, 5) is 2.34. The first-order valence-electron chi connectivity index (χ1n) is 10.4. The van der Waals surface area contributed by atoms with Gasteiger partial charge < -0.3 is 14.6 Å². The monoisotopic (exact) mass is 441 g/mol. The van der Waals surface area contributed by atoms with Gasteiger partial charge in [-0.05, 0) is 42.7 Å². The van der Waals surface area contributed by atoms with E-state index in [4.69, 9.17) is 21.1 Å². The predicted molar refractivity (Wildman–Crippen MR) is 120 cm³/mol. The molecule has 4 rings (SSSR count). The molecule has 6 nitrogen and oxygen atoms in total. The number of hydrogen-bond acceptors (Lipinski definition) is 5. The Morgan fingerprint density at radius 1 is 1.10 bits per heavy atom. The number of aromatic nitrogens is 2. The highest BCUT2D eigenvalue weighted by molar-refractivity contribution is 6.30. The molecule has 0 unspecified atom stereocenters. The molecule has 1 saturated heterocycles. The van der Waals surface area contributed by atoms with Crippen LogP contribution in [0.3, 0.4) is 0 Å². The van der Waals surface area contributed by atoms with Crippen LogP contribution in [-0.2, 0) is 21.6 Å². The fraction of sp³-hybridized carbons (Fsp3) is 0.375. The van der Waals surface area contributed by atoms with Gasteiger partial charge in [-0.2, -0.15) is 5.10 Å². The molecule has 1 aliphatic heterocycles. The lowest BCUT2D eigenvalue weighted by molar-refractivity contribution is -0.110. The van der Waals surface area contributed by atoms with Crippen LogP contribution in [0, 0.1) is 0 Å². The van der Waals surface area contributed by atoms with E-state index < -0.39 is 11.9 Å². The number of ether oxygens (including phenoxy) is 2. The van der Waals surface area contributed by atoms with Gasteiger partial charge in [0.2, 0.25) is 0 Å². The molecule has 0 radical (unpaired) electrons. The highest BCUT2D eigenvalue weighted by Gasteiger charge is 2.37. The van der Waals surface area contributed by atoms with Crippen molar-refractivity contribution in [3.05, 3.63) is 82.6 Å². The highest BCUT2D eigenvalue weighted by Crippen LogP contribution is 2.39. The first kappa shape index (κ1) is 22.0. The fourth-order valence-corrected chi connectivity index (χ4v) is 4.43. The third-order valence-corrected chi connectivity index (χ3v) is 6.18. The summed E-state index contributed by atoms with van der Waals surface area (Å²) in [7, 11) is 3.18. The van der Waals surface area contributed by atoms with E-state index >= 15 is 0 Å². The SMILES string of the molecule is COC(OC)c1ccc(Cl)cc1C1(O)CCN(Cc2cnn(-c3ccccc3)c2)CC1. The van der Waals surface area contributed by atoms with Crippen molar-refractivity contribution in [2.24, 2.45) is 0 Å². The molecule has 164 valence electrons. The van der Waals surface area contributed by atoms with Gasteiger partial charge in [-0.1, -0.05) is 35.9 Å². The molecule has 0 bridgehead atoms. The van der Waals surface area contributed by atoms with Crippen LogP contribution in [0.25, 0.3) is 5.69 Å². The molecule has 0 aliphatic carbocycles. The maximum atomic E-state index is 11.5. The summed E-state index contributed by atoms with van der Waals surface area (Å²) >= 11 is 6.27. The van der Waals surface area contributed by atoms with Gasteiger partial charge in [0, 0.05) is 56.2 Å². The smallest absolute Gasteiger partial charge is 0.183 e. The van der Waals surface area contributed by atoms with Gasteiger partial charge in [0.25, 0.3) is 0 Å². The van der Waals surface area contributed by atoms with Gasteiger partial charge in [0.15, 0.2) is 6.29 Å². The second kappa shape index (κ2) is 9.51. The average molecular weight is 442 g/mol. The van der Waals surface area contributed by atoms with Gasteiger partial charge in [-0.25, -0.2) is 4.68 Å². The minimum Gasteiger partial charge on any atom is -0.385 e. The van der Waals surface area contributed by atoms with E-state index in [0.29, 0.717) is 17.9 Å². The molecule has 1 N–H and O–H groups in total. The number of nitrogens with zero attached hydrogens (tertiary/aromatic N) is 3. The minimum absolute atomic E-state index is 0.543. The molecular formula is C24H28ClN3O3. The standard InChI is InChI=1S/C24H28ClN3O3/c1-30-23(31-2)21-9-8-19(25)14-22(21)24(29)10-12-27(13-11-24)16-18-15-26-28(17-18)20-6-4-3-5-7-20/h3-9,14-15,17,23,29H,10-13,16H2,1-2H3. The summed E-state index contributed by atoms with van der Waals surface area (Å²) in [5.41, 5.74) is 2.82. The van der Waals surface area contributed by atoms with Crippen molar-refractivity contribution in [3.63, 3.8) is 0 Å². The zero-order valence-corrected chi connectivity index (χ0v) is 18.6. The Balaban J connectivity index is 1.45. The quantitative estimate of drug-likeness (QED) is 0.554. The van der Waals surface area contributed by atoms with Crippen LogP contribution < -0.4 is 0 Å². The summed E-state index contributed by atoms with van der Waals surface area (Å²) in [5, 5.41) is 16.6. The number of halogens is 1. The topological polar surface area (TPSA) is 59.8 Å². The van der Waals surface area contributed by atoms with Crippen LogP contribution in [0.15, 0.2) is 60.9 Å². The molecule has 1 aliphatic rings. The lowest BCUT2D eigenvalue weighted by Crippen LogP contribution is -2.42. The Morgan fingerprint density at radius 3 is 2.48 bits per heavy atom. The van der Waals surface area contributed by atoms with Gasteiger partial charge >= 0.3 is 0 Å². The first-order chi connectivity index (χ1) is 15.0.